The molecule has 0 saturated heterocycles. The highest BCUT2D eigenvalue weighted by atomic mass is 32.1. The molecule has 1 N–H and O–H groups in total. The molecule has 1 heterocycles. The molecule has 3 rings (SSSR count). The van der Waals surface area contributed by atoms with Crippen LogP contribution in [-0.2, 0) is 6.54 Å². The molecule has 1 amide bonds. The van der Waals surface area contributed by atoms with E-state index in [0.717, 1.165) is 21.5 Å². The number of fused-ring (bicyclic) bond motifs is 1. The molecule has 5 heteroatoms. The molecule has 0 spiro atoms. The number of carbonyl (C=O) groups is 1. The second kappa shape index (κ2) is 7.62. The average Bonchev–Trinajstić information content (AvgIpc) is 3.08. The molecule has 120 valence electrons. The molecule has 0 saturated carbocycles. The van der Waals surface area contributed by atoms with Gasteiger partial charge in [0.2, 0.25) is 0 Å². The van der Waals surface area contributed by atoms with E-state index in [-0.39, 0.29) is 5.91 Å². The topological polar surface area (TPSA) is 51.2 Å². The minimum atomic E-state index is -0.103. The largest absolute Gasteiger partial charge is 0.481 e. The molecule has 0 fully saturated rings. The van der Waals surface area contributed by atoms with Crippen molar-refractivity contribution in [2.24, 2.45) is 0 Å². The van der Waals surface area contributed by atoms with Crippen molar-refractivity contribution in [3.63, 3.8) is 0 Å². The van der Waals surface area contributed by atoms with E-state index in [1.54, 1.807) is 18.5 Å². The number of amides is 1. The molecule has 1 aromatic heterocycles. The van der Waals surface area contributed by atoms with Crippen molar-refractivity contribution in [3.8, 4) is 17.6 Å². The number of hydrogen-bond acceptors (Lipinski definition) is 4. The first-order valence-electron chi connectivity index (χ1n) is 7.49. The van der Waals surface area contributed by atoms with E-state index in [4.69, 9.17) is 4.74 Å². The number of carbonyl (C=O) groups excluding carboxylic acids is 1. The lowest BCUT2D eigenvalue weighted by Crippen LogP contribution is -2.22. The summed E-state index contributed by atoms with van der Waals surface area (Å²) in [6.45, 7) is 2.58. The fourth-order valence-corrected chi connectivity index (χ4v) is 2.93. The van der Waals surface area contributed by atoms with Gasteiger partial charge in [-0.3, -0.25) is 4.79 Å². The Morgan fingerprint density at radius 3 is 3.08 bits per heavy atom. The lowest BCUT2D eigenvalue weighted by molar-refractivity contribution is 0.0951. The summed E-state index contributed by atoms with van der Waals surface area (Å²) < 4.78 is 6.54. The van der Waals surface area contributed by atoms with Crippen molar-refractivity contribution in [1.82, 2.24) is 10.3 Å². The third-order valence-corrected chi connectivity index (χ3v) is 4.22. The Morgan fingerprint density at radius 1 is 1.29 bits per heavy atom. The number of nitrogens with one attached hydrogen (secondary N) is 1. The third kappa shape index (κ3) is 3.92. The van der Waals surface area contributed by atoms with Crippen molar-refractivity contribution < 1.29 is 9.53 Å². The maximum absolute atomic E-state index is 12.3. The third-order valence-electron chi connectivity index (χ3n) is 3.43. The summed E-state index contributed by atoms with van der Waals surface area (Å²) in [5, 5.41) is 2.93. The quantitative estimate of drug-likeness (QED) is 0.724. The van der Waals surface area contributed by atoms with E-state index >= 15 is 0 Å². The van der Waals surface area contributed by atoms with Gasteiger partial charge in [0.25, 0.3) is 5.91 Å². The van der Waals surface area contributed by atoms with Crippen molar-refractivity contribution in [3.05, 3.63) is 59.1 Å². The van der Waals surface area contributed by atoms with E-state index in [9.17, 15) is 4.79 Å². The molecule has 0 atom stereocenters. The summed E-state index contributed by atoms with van der Waals surface area (Å²) in [7, 11) is 0. The van der Waals surface area contributed by atoms with Gasteiger partial charge in [-0.05, 0) is 42.8 Å². The van der Waals surface area contributed by atoms with Crippen LogP contribution in [0.4, 0.5) is 0 Å². The molecule has 0 aliphatic heterocycles. The van der Waals surface area contributed by atoms with Crippen LogP contribution in [-0.4, -0.2) is 17.5 Å². The maximum Gasteiger partial charge on any atom is 0.251 e. The van der Waals surface area contributed by atoms with Gasteiger partial charge in [0.15, 0.2) is 0 Å². The van der Waals surface area contributed by atoms with Gasteiger partial charge < -0.3 is 10.1 Å². The van der Waals surface area contributed by atoms with Crippen molar-refractivity contribution in [2.45, 2.75) is 13.5 Å². The molecule has 0 aliphatic rings. The van der Waals surface area contributed by atoms with Gasteiger partial charge in [-0.25, -0.2) is 4.98 Å². The highest BCUT2D eigenvalue weighted by Gasteiger charge is 2.07. The average molecular weight is 336 g/mol. The van der Waals surface area contributed by atoms with Crippen LogP contribution in [0.25, 0.3) is 10.2 Å². The van der Waals surface area contributed by atoms with Crippen LogP contribution < -0.4 is 10.1 Å². The van der Waals surface area contributed by atoms with E-state index in [1.807, 2.05) is 36.4 Å². The first kappa shape index (κ1) is 16.0. The lowest BCUT2D eigenvalue weighted by atomic mass is 10.2. The summed E-state index contributed by atoms with van der Waals surface area (Å²) in [6.07, 6.45) is 0. The molecule has 2 aromatic carbocycles. The predicted molar refractivity (Wildman–Crippen MR) is 96.2 cm³/mol. The number of nitrogens with zero attached hydrogens (tertiary/aromatic N) is 1. The minimum Gasteiger partial charge on any atom is -0.481 e. The van der Waals surface area contributed by atoms with Gasteiger partial charge >= 0.3 is 0 Å². The molecule has 0 radical (unpaired) electrons. The zero-order valence-corrected chi connectivity index (χ0v) is 14.0. The first-order chi connectivity index (χ1) is 11.8. The Bertz CT molecular complexity index is 922. The van der Waals surface area contributed by atoms with Crippen molar-refractivity contribution in [1.29, 1.82) is 0 Å². The maximum atomic E-state index is 12.3. The fraction of sp³-hybridized carbons (Fsp3) is 0.158. The fourth-order valence-electron chi connectivity index (χ4n) is 2.22. The highest BCUT2D eigenvalue weighted by Crippen LogP contribution is 2.19. The number of hydrogen-bond donors (Lipinski definition) is 1. The molecular formula is C19H16N2O2S. The van der Waals surface area contributed by atoms with Crippen LogP contribution in [0.5, 0.6) is 5.75 Å². The Kier molecular flexibility index (Phi) is 5.09. The van der Waals surface area contributed by atoms with Crippen LogP contribution in [0.2, 0.25) is 0 Å². The van der Waals surface area contributed by atoms with E-state index in [2.05, 4.69) is 22.1 Å². The van der Waals surface area contributed by atoms with Gasteiger partial charge in [-0.2, -0.15) is 0 Å². The minimum absolute atomic E-state index is 0.103. The van der Waals surface area contributed by atoms with Crippen molar-refractivity contribution >= 4 is 27.5 Å². The Morgan fingerprint density at radius 2 is 2.21 bits per heavy atom. The Balaban J connectivity index is 1.62. The summed E-state index contributed by atoms with van der Waals surface area (Å²) >= 11 is 1.53. The number of rotatable bonds is 5. The number of aromatic nitrogens is 1. The summed E-state index contributed by atoms with van der Waals surface area (Å²) in [5.74, 6) is 6.28. The number of ether oxygens (including phenoxy) is 1. The van der Waals surface area contributed by atoms with E-state index in [0.29, 0.717) is 18.7 Å². The summed E-state index contributed by atoms with van der Waals surface area (Å²) in [4.78, 5) is 16.5. The molecule has 3 aromatic rings. The summed E-state index contributed by atoms with van der Waals surface area (Å²) in [5.41, 5.74) is 4.30. The van der Waals surface area contributed by atoms with Crippen LogP contribution in [0.1, 0.15) is 22.8 Å². The second-order valence-electron chi connectivity index (χ2n) is 5.08. The van der Waals surface area contributed by atoms with Gasteiger partial charge in [0.1, 0.15) is 12.4 Å². The van der Waals surface area contributed by atoms with Gasteiger partial charge in [-0.15, -0.1) is 17.3 Å². The molecule has 4 nitrogen and oxygen atoms in total. The van der Waals surface area contributed by atoms with Crippen LogP contribution in [0, 0.1) is 11.8 Å². The molecule has 0 unspecified atom stereocenters. The number of benzene rings is 2. The van der Waals surface area contributed by atoms with Gasteiger partial charge in [0.05, 0.1) is 15.7 Å². The first-order valence-corrected chi connectivity index (χ1v) is 8.37. The molecule has 0 bridgehead atoms. The van der Waals surface area contributed by atoms with E-state index < -0.39 is 0 Å². The summed E-state index contributed by atoms with van der Waals surface area (Å²) in [6, 6.07) is 13.2. The van der Waals surface area contributed by atoms with E-state index in [1.165, 1.54) is 11.3 Å². The van der Waals surface area contributed by atoms with Crippen LogP contribution >= 0.6 is 11.3 Å². The van der Waals surface area contributed by atoms with Crippen LogP contribution in [0.3, 0.4) is 0 Å². The Labute approximate surface area is 144 Å². The predicted octanol–water partition coefficient (Wildman–Crippen LogP) is 3.63. The Hall–Kier alpha value is -2.84. The zero-order chi connectivity index (χ0) is 16.8. The normalized spacial score (nSPS) is 10.0. The highest BCUT2D eigenvalue weighted by molar-refractivity contribution is 7.16. The standard InChI is InChI=1S/C19H16N2O2S/c1-2-3-9-23-16-6-4-5-14(10-16)12-20-19(22)15-7-8-17-18(11-15)24-13-21-17/h4-8,10-11,13H,9,12H2,1H3,(H,20,22). The second-order valence-corrected chi connectivity index (χ2v) is 5.97. The van der Waals surface area contributed by atoms with Crippen LogP contribution in [0.15, 0.2) is 48.0 Å². The smallest absolute Gasteiger partial charge is 0.251 e. The molecule has 24 heavy (non-hydrogen) atoms. The lowest BCUT2D eigenvalue weighted by Gasteiger charge is -2.08. The molecular weight excluding hydrogens is 320 g/mol. The van der Waals surface area contributed by atoms with Crippen molar-refractivity contribution in [2.75, 3.05) is 6.61 Å². The SMILES string of the molecule is CC#CCOc1cccc(CNC(=O)c2ccc3ncsc3c2)c1. The molecule has 0 aliphatic carbocycles. The van der Waals surface area contributed by atoms with Gasteiger partial charge in [-0.1, -0.05) is 18.1 Å². The zero-order valence-electron chi connectivity index (χ0n) is 13.2. The number of thiazole rings is 1. The monoisotopic (exact) mass is 336 g/mol. The van der Waals surface area contributed by atoms with Gasteiger partial charge in [0, 0.05) is 12.1 Å².